The Kier molecular flexibility index (Phi) is 3.20. The van der Waals surface area contributed by atoms with E-state index in [1.807, 2.05) is 12.1 Å². The molecule has 0 saturated heterocycles. The molecule has 2 aromatic rings. The molecule has 1 nitrogen and oxygen atoms in total. The highest BCUT2D eigenvalue weighted by atomic mass is 32.1. The van der Waals surface area contributed by atoms with Gasteiger partial charge in [-0.05, 0) is 35.2 Å². The molecule has 82 valence electrons. The summed E-state index contributed by atoms with van der Waals surface area (Å²) >= 11 is 4.28. The average Bonchev–Trinajstić information content (AvgIpc) is 2.32. The summed E-state index contributed by atoms with van der Waals surface area (Å²) in [6.45, 7) is 2.16. The van der Waals surface area contributed by atoms with Crippen LogP contribution in [0.1, 0.15) is 12.5 Å². The van der Waals surface area contributed by atoms with Gasteiger partial charge in [-0.3, -0.25) is 0 Å². The lowest BCUT2D eigenvalue weighted by Gasteiger charge is -2.09. The van der Waals surface area contributed by atoms with Crippen molar-refractivity contribution in [3.8, 4) is 11.1 Å². The van der Waals surface area contributed by atoms with E-state index in [2.05, 4.69) is 49.9 Å². The number of hydrogen-bond donors (Lipinski definition) is 2. The molecule has 0 bridgehead atoms. The molecule has 16 heavy (non-hydrogen) atoms. The maximum atomic E-state index is 5.87. The predicted molar refractivity (Wildman–Crippen MR) is 72.9 cm³/mol. The van der Waals surface area contributed by atoms with Crippen LogP contribution in [0.4, 0.5) is 5.69 Å². The van der Waals surface area contributed by atoms with Crippen LogP contribution in [-0.4, -0.2) is 0 Å². The molecule has 0 saturated carbocycles. The van der Waals surface area contributed by atoms with E-state index in [4.69, 9.17) is 5.73 Å². The van der Waals surface area contributed by atoms with Crippen LogP contribution in [0.5, 0.6) is 0 Å². The molecule has 0 aromatic heterocycles. The molecule has 0 fully saturated rings. The topological polar surface area (TPSA) is 26.0 Å². The summed E-state index contributed by atoms with van der Waals surface area (Å²) in [5, 5.41) is 0. The van der Waals surface area contributed by atoms with Crippen molar-refractivity contribution in [3.63, 3.8) is 0 Å². The van der Waals surface area contributed by atoms with Crippen molar-refractivity contribution in [2.45, 2.75) is 18.2 Å². The van der Waals surface area contributed by atoms with Gasteiger partial charge in [0.05, 0.1) is 0 Å². The first-order valence-corrected chi connectivity index (χ1v) is 5.84. The Morgan fingerprint density at radius 3 is 2.56 bits per heavy atom. The molecular formula is C14H15NS. The fraction of sp³-hybridized carbons (Fsp3) is 0.143. The number of nitrogens with two attached hydrogens (primary N) is 1. The molecule has 0 spiro atoms. The Balaban J connectivity index is 2.54. The van der Waals surface area contributed by atoms with Crippen LogP contribution < -0.4 is 5.73 Å². The maximum absolute atomic E-state index is 5.87. The normalized spacial score (nSPS) is 10.4. The van der Waals surface area contributed by atoms with E-state index in [1.165, 1.54) is 11.1 Å². The first kappa shape index (κ1) is 11.1. The van der Waals surface area contributed by atoms with Crippen molar-refractivity contribution in [1.29, 1.82) is 0 Å². The van der Waals surface area contributed by atoms with Crippen LogP contribution >= 0.6 is 12.6 Å². The minimum Gasteiger partial charge on any atom is -0.398 e. The minimum atomic E-state index is 0.728. The number of rotatable bonds is 2. The van der Waals surface area contributed by atoms with Crippen molar-refractivity contribution in [2.24, 2.45) is 0 Å². The molecule has 0 amide bonds. The third-order valence-electron chi connectivity index (χ3n) is 2.74. The molecular weight excluding hydrogens is 214 g/mol. The van der Waals surface area contributed by atoms with Gasteiger partial charge in [-0.15, -0.1) is 12.6 Å². The van der Waals surface area contributed by atoms with Gasteiger partial charge in [0.1, 0.15) is 0 Å². The van der Waals surface area contributed by atoms with Crippen molar-refractivity contribution in [1.82, 2.24) is 0 Å². The van der Waals surface area contributed by atoms with Crippen LogP contribution in [0.15, 0.2) is 47.4 Å². The van der Waals surface area contributed by atoms with Gasteiger partial charge in [-0.2, -0.15) is 0 Å². The van der Waals surface area contributed by atoms with Gasteiger partial charge >= 0.3 is 0 Å². The molecule has 2 heteroatoms. The quantitative estimate of drug-likeness (QED) is 0.594. The Bertz CT molecular complexity index is 506. The summed E-state index contributed by atoms with van der Waals surface area (Å²) in [6, 6.07) is 14.4. The number of nitrogen functional groups attached to an aromatic ring is 1. The van der Waals surface area contributed by atoms with E-state index in [0.29, 0.717) is 0 Å². The molecule has 2 rings (SSSR count). The molecule has 0 radical (unpaired) electrons. The molecule has 0 heterocycles. The Morgan fingerprint density at radius 1 is 1.12 bits per heavy atom. The molecule has 0 aliphatic carbocycles. The summed E-state index contributed by atoms with van der Waals surface area (Å²) in [5.41, 5.74) is 10.4. The zero-order valence-corrected chi connectivity index (χ0v) is 10.2. The largest absolute Gasteiger partial charge is 0.398 e. The first-order valence-electron chi connectivity index (χ1n) is 5.39. The van der Waals surface area contributed by atoms with Crippen LogP contribution in [-0.2, 0) is 6.42 Å². The van der Waals surface area contributed by atoms with Gasteiger partial charge in [0.2, 0.25) is 0 Å². The van der Waals surface area contributed by atoms with E-state index in [1.54, 1.807) is 0 Å². The summed E-state index contributed by atoms with van der Waals surface area (Å²) < 4.78 is 0. The summed E-state index contributed by atoms with van der Waals surface area (Å²) in [7, 11) is 0. The fourth-order valence-electron chi connectivity index (χ4n) is 1.83. The molecule has 0 unspecified atom stereocenters. The number of anilines is 1. The lowest BCUT2D eigenvalue weighted by atomic mass is 9.98. The summed E-state index contributed by atoms with van der Waals surface area (Å²) in [5.74, 6) is 0. The lowest BCUT2D eigenvalue weighted by Crippen LogP contribution is -1.90. The van der Waals surface area contributed by atoms with E-state index < -0.39 is 0 Å². The highest BCUT2D eigenvalue weighted by Gasteiger charge is 2.04. The van der Waals surface area contributed by atoms with Crippen molar-refractivity contribution >= 4 is 18.3 Å². The van der Waals surface area contributed by atoms with Gasteiger partial charge in [0, 0.05) is 10.6 Å². The molecule has 2 aromatic carbocycles. The van der Waals surface area contributed by atoms with Crippen LogP contribution in [0.25, 0.3) is 11.1 Å². The van der Waals surface area contributed by atoms with Crippen LogP contribution in [0, 0.1) is 0 Å². The smallest absolute Gasteiger partial charge is 0.0455 e. The zero-order chi connectivity index (χ0) is 11.5. The van der Waals surface area contributed by atoms with Crippen molar-refractivity contribution in [2.75, 3.05) is 5.73 Å². The van der Waals surface area contributed by atoms with E-state index in [9.17, 15) is 0 Å². The molecule has 2 N–H and O–H groups in total. The van der Waals surface area contributed by atoms with Gasteiger partial charge in [-0.1, -0.05) is 37.3 Å². The van der Waals surface area contributed by atoms with E-state index >= 15 is 0 Å². The standard InChI is InChI=1S/C14H15NS/c1-2-10-5-3-4-6-12(10)11-7-8-14(16)13(15)9-11/h3-9,16H,2,15H2,1H3. The number of aryl methyl sites for hydroxylation is 1. The minimum absolute atomic E-state index is 0.728. The SMILES string of the molecule is CCc1ccccc1-c1ccc(S)c(N)c1. The van der Waals surface area contributed by atoms with Crippen molar-refractivity contribution < 1.29 is 0 Å². The number of thiol groups is 1. The second-order valence-corrected chi connectivity index (χ2v) is 4.27. The second kappa shape index (κ2) is 4.62. The second-order valence-electron chi connectivity index (χ2n) is 3.78. The van der Waals surface area contributed by atoms with Gasteiger partial charge < -0.3 is 5.73 Å². The number of benzene rings is 2. The monoisotopic (exact) mass is 229 g/mol. The molecule has 0 atom stereocenters. The van der Waals surface area contributed by atoms with Crippen molar-refractivity contribution in [3.05, 3.63) is 48.0 Å². The summed E-state index contributed by atoms with van der Waals surface area (Å²) in [6.07, 6.45) is 1.03. The Labute approximate surface area is 102 Å². The van der Waals surface area contributed by atoms with Gasteiger partial charge in [-0.25, -0.2) is 0 Å². The van der Waals surface area contributed by atoms with E-state index in [0.717, 1.165) is 22.6 Å². The lowest BCUT2D eigenvalue weighted by molar-refractivity contribution is 1.14. The maximum Gasteiger partial charge on any atom is 0.0455 e. The summed E-state index contributed by atoms with van der Waals surface area (Å²) in [4.78, 5) is 0.831. The third kappa shape index (κ3) is 2.07. The highest BCUT2D eigenvalue weighted by Crippen LogP contribution is 2.28. The fourth-order valence-corrected chi connectivity index (χ4v) is 1.97. The Morgan fingerprint density at radius 2 is 1.88 bits per heavy atom. The first-order chi connectivity index (χ1) is 7.72. The predicted octanol–water partition coefficient (Wildman–Crippen LogP) is 3.79. The third-order valence-corrected chi connectivity index (χ3v) is 3.14. The van der Waals surface area contributed by atoms with Crippen LogP contribution in [0.3, 0.4) is 0 Å². The van der Waals surface area contributed by atoms with Gasteiger partial charge in [0.25, 0.3) is 0 Å². The Hall–Kier alpha value is -1.41. The highest BCUT2D eigenvalue weighted by molar-refractivity contribution is 7.80. The zero-order valence-electron chi connectivity index (χ0n) is 9.27. The average molecular weight is 229 g/mol. The molecule has 0 aliphatic heterocycles. The number of hydrogen-bond acceptors (Lipinski definition) is 2. The van der Waals surface area contributed by atoms with E-state index in [-0.39, 0.29) is 0 Å². The van der Waals surface area contributed by atoms with Gasteiger partial charge in [0.15, 0.2) is 0 Å². The van der Waals surface area contributed by atoms with Crippen LogP contribution in [0.2, 0.25) is 0 Å². The molecule has 0 aliphatic rings.